The zero-order valence-electron chi connectivity index (χ0n) is 8.32. The lowest BCUT2D eigenvalue weighted by molar-refractivity contribution is -0.0334. The number of rotatable bonds is 0. The molecule has 2 amide bonds. The molecule has 0 radical (unpaired) electrons. The number of hydrogen-bond acceptors (Lipinski definition) is 4. The maximum absolute atomic E-state index is 10.7. The molecule has 84 valence electrons. The van der Waals surface area contributed by atoms with Gasteiger partial charge in [-0.3, -0.25) is 0 Å². The average Bonchev–Trinajstić information content (AvgIpc) is 2.26. The molecule has 0 heterocycles. The van der Waals surface area contributed by atoms with Crippen LogP contribution in [0.15, 0.2) is 10.2 Å². The Hall–Kier alpha value is -2.70. The van der Waals surface area contributed by atoms with Crippen LogP contribution >= 0.6 is 0 Å². The predicted octanol–water partition coefficient (Wildman–Crippen LogP) is 1.01. The lowest BCUT2D eigenvalue weighted by Crippen LogP contribution is -2.08. The lowest BCUT2D eigenvalue weighted by Gasteiger charge is -1.88. The second-order valence-corrected chi connectivity index (χ2v) is 2.17. The maximum atomic E-state index is 10.7. The van der Waals surface area contributed by atoms with E-state index >= 15 is 0 Å². The summed E-state index contributed by atoms with van der Waals surface area (Å²) in [5.74, 6) is -0.740. The molecule has 10 nitrogen and oxygen atoms in total. The van der Waals surface area contributed by atoms with Crippen molar-refractivity contribution in [2.75, 3.05) is 0 Å². The summed E-state index contributed by atoms with van der Waals surface area (Å²) in [6.45, 7) is 2.35. The topological polar surface area (TPSA) is 150 Å². The van der Waals surface area contributed by atoms with Crippen LogP contribution in [0.4, 0.5) is 9.59 Å². The molecule has 16 heavy (non-hydrogen) atoms. The van der Waals surface area contributed by atoms with Crippen LogP contribution in [0, 0.1) is 0 Å². The SMILES string of the molecule is CC(=[N+]=[N-])OC(=O)N=NC(=O)OC(C)=[N+]=[N-]. The molecule has 0 saturated carbocycles. The van der Waals surface area contributed by atoms with Gasteiger partial charge in [0.2, 0.25) is 0 Å². The highest BCUT2D eigenvalue weighted by Crippen LogP contribution is 1.90. The van der Waals surface area contributed by atoms with E-state index < -0.39 is 12.2 Å². The van der Waals surface area contributed by atoms with Crippen molar-refractivity contribution >= 4 is 24.0 Å². The molecule has 10 heteroatoms. The highest BCUT2D eigenvalue weighted by atomic mass is 16.6. The predicted molar refractivity (Wildman–Crippen MR) is 46.4 cm³/mol. The van der Waals surface area contributed by atoms with Gasteiger partial charge in [0.25, 0.3) is 0 Å². The number of carbonyl (C=O) groups excluding carboxylic acids is 2. The monoisotopic (exact) mass is 226 g/mol. The first-order chi connectivity index (χ1) is 7.49. The van der Waals surface area contributed by atoms with Gasteiger partial charge in [-0.15, -0.1) is 9.58 Å². The third kappa shape index (κ3) is 5.86. The molecule has 0 aromatic carbocycles. The summed E-state index contributed by atoms with van der Waals surface area (Å²) < 4.78 is 8.39. The van der Waals surface area contributed by atoms with Crippen LogP contribution in [0.3, 0.4) is 0 Å². The van der Waals surface area contributed by atoms with Crippen LogP contribution in [0.1, 0.15) is 13.8 Å². The molecule has 0 fully saturated rings. The number of carbonyl (C=O) groups is 2. The van der Waals surface area contributed by atoms with Gasteiger partial charge in [-0.2, -0.15) is 0 Å². The molecule has 0 aliphatic heterocycles. The molecule has 0 saturated heterocycles. The van der Waals surface area contributed by atoms with E-state index in [-0.39, 0.29) is 11.8 Å². The Bertz CT molecular complexity index is 388. The maximum Gasteiger partial charge on any atom is 0.462 e. The highest BCUT2D eigenvalue weighted by Gasteiger charge is 2.11. The standard InChI is InChI=1S/C6H6N6O4/c1-3(9-7)15-5(13)11-12-6(14)16-4(2)10-8/h1-2H3. The van der Waals surface area contributed by atoms with E-state index in [1.807, 2.05) is 0 Å². The van der Waals surface area contributed by atoms with E-state index in [4.69, 9.17) is 11.1 Å². The fourth-order valence-corrected chi connectivity index (χ4v) is 0.416. The second-order valence-electron chi connectivity index (χ2n) is 2.17. The molecule has 0 aliphatic carbocycles. The molecular weight excluding hydrogens is 220 g/mol. The van der Waals surface area contributed by atoms with Crippen LogP contribution in [-0.2, 0) is 9.47 Å². The Morgan fingerprint density at radius 1 is 0.938 bits per heavy atom. The van der Waals surface area contributed by atoms with Crippen LogP contribution in [0.2, 0.25) is 0 Å². The fraction of sp³-hybridized carbons (Fsp3) is 0.333. The largest absolute Gasteiger partial charge is 0.462 e. The van der Waals surface area contributed by atoms with Gasteiger partial charge >= 0.3 is 24.0 Å². The zero-order chi connectivity index (χ0) is 12.6. The van der Waals surface area contributed by atoms with E-state index in [2.05, 4.69) is 29.3 Å². The fourth-order valence-electron chi connectivity index (χ4n) is 0.416. The Labute approximate surface area is 88.7 Å². The summed E-state index contributed by atoms with van der Waals surface area (Å²) in [6, 6.07) is 0. The Balaban J connectivity index is 4.29. The molecule has 0 aromatic rings. The quantitative estimate of drug-likeness (QED) is 0.262. The van der Waals surface area contributed by atoms with Crippen molar-refractivity contribution in [3.05, 3.63) is 11.1 Å². The first-order valence-electron chi connectivity index (χ1n) is 3.72. The van der Waals surface area contributed by atoms with E-state index in [1.54, 1.807) is 0 Å². The van der Waals surface area contributed by atoms with E-state index in [0.29, 0.717) is 0 Å². The van der Waals surface area contributed by atoms with E-state index in [1.165, 1.54) is 13.8 Å². The Kier molecular flexibility index (Phi) is 5.58. The van der Waals surface area contributed by atoms with Gasteiger partial charge in [0, 0.05) is 0 Å². The molecule has 0 N–H and O–H groups in total. The molecule has 0 unspecified atom stereocenters. The van der Waals surface area contributed by atoms with Crippen molar-refractivity contribution in [1.29, 1.82) is 0 Å². The summed E-state index contributed by atoms with van der Waals surface area (Å²) in [7, 11) is 0. The molecule has 0 aromatic heterocycles. The third-order valence-electron chi connectivity index (χ3n) is 0.965. The van der Waals surface area contributed by atoms with Crippen LogP contribution in [-0.4, -0.2) is 33.6 Å². The van der Waals surface area contributed by atoms with E-state index in [0.717, 1.165) is 0 Å². The summed E-state index contributed by atoms with van der Waals surface area (Å²) in [5.41, 5.74) is 16.2. The Morgan fingerprint density at radius 2 is 1.25 bits per heavy atom. The number of amides is 2. The van der Waals surface area contributed by atoms with Gasteiger partial charge in [-0.05, 0) is 0 Å². The van der Waals surface area contributed by atoms with Gasteiger partial charge in [-0.1, -0.05) is 10.2 Å². The Morgan fingerprint density at radius 3 is 1.50 bits per heavy atom. The van der Waals surface area contributed by atoms with Crippen molar-refractivity contribution in [2.45, 2.75) is 13.8 Å². The lowest BCUT2D eigenvalue weighted by atomic mass is 10.8. The molecule has 0 spiro atoms. The first kappa shape index (κ1) is 13.3. The zero-order valence-corrected chi connectivity index (χ0v) is 8.32. The van der Waals surface area contributed by atoms with Crippen LogP contribution < -0.4 is 0 Å². The van der Waals surface area contributed by atoms with Crippen molar-refractivity contribution in [3.8, 4) is 0 Å². The van der Waals surface area contributed by atoms with Crippen molar-refractivity contribution in [2.24, 2.45) is 10.2 Å². The minimum absolute atomic E-state index is 0.370. The number of nitrogens with zero attached hydrogens (tertiary/aromatic N) is 6. The second kappa shape index (κ2) is 6.71. The molecule has 0 atom stereocenters. The number of ether oxygens (including phenoxy) is 2. The van der Waals surface area contributed by atoms with Crippen LogP contribution in [0.25, 0.3) is 11.1 Å². The first-order valence-corrected chi connectivity index (χ1v) is 3.72. The van der Waals surface area contributed by atoms with Gasteiger partial charge in [0.05, 0.1) is 13.8 Å². The van der Waals surface area contributed by atoms with E-state index in [9.17, 15) is 9.59 Å². The molecular formula is C6H6N6O4. The summed E-state index contributed by atoms with van der Waals surface area (Å²) in [4.78, 5) is 26.5. The van der Waals surface area contributed by atoms with Crippen molar-refractivity contribution in [3.63, 3.8) is 0 Å². The molecule has 0 rings (SSSR count). The van der Waals surface area contributed by atoms with Gasteiger partial charge < -0.3 is 20.5 Å². The summed E-state index contributed by atoms with van der Waals surface area (Å²) in [5, 5.41) is 5.52. The molecule has 0 aliphatic rings. The molecule has 0 bridgehead atoms. The average molecular weight is 226 g/mol. The summed E-state index contributed by atoms with van der Waals surface area (Å²) >= 11 is 0. The minimum Gasteiger partial charge on any atom is -0.357 e. The normalized spacial score (nSPS) is 8.88. The smallest absolute Gasteiger partial charge is 0.357 e. The van der Waals surface area contributed by atoms with Crippen molar-refractivity contribution < 1.29 is 28.6 Å². The van der Waals surface area contributed by atoms with Gasteiger partial charge in [-0.25, -0.2) is 9.59 Å². The van der Waals surface area contributed by atoms with Gasteiger partial charge in [0.1, 0.15) is 0 Å². The van der Waals surface area contributed by atoms with Gasteiger partial charge in [0.15, 0.2) is 0 Å². The number of azo groups is 1. The highest BCUT2D eigenvalue weighted by molar-refractivity contribution is 5.86. The van der Waals surface area contributed by atoms with Crippen LogP contribution in [0.5, 0.6) is 0 Å². The van der Waals surface area contributed by atoms with Crippen molar-refractivity contribution in [1.82, 2.24) is 0 Å². The minimum atomic E-state index is -1.27. The number of hydrogen-bond donors (Lipinski definition) is 0. The summed E-state index contributed by atoms with van der Waals surface area (Å²) in [6.07, 6.45) is -2.54. The third-order valence-corrected chi connectivity index (χ3v) is 0.965.